The molecule has 1 aromatic rings. The number of Topliss-reactive ketones (excluding diaryl/α,β-unsaturated/α-hetero) is 1. The van der Waals surface area contributed by atoms with Crippen molar-refractivity contribution in [1.29, 1.82) is 5.26 Å². The summed E-state index contributed by atoms with van der Waals surface area (Å²) in [5, 5.41) is 12.0. The first-order chi connectivity index (χ1) is 9.14. The van der Waals surface area contributed by atoms with Gasteiger partial charge in [-0.25, -0.2) is 0 Å². The Balaban J connectivity index is 1.93. The molecule has 1 aliphatic carbocycles. The van der Waals surface area contributed by atoms with E-state index in [1.807, 2.05) is 6.07 Å². The number of nitrogens with zero attached hydrogens (tertiary/aromatic N) is 1. The van der Waals surface area contributed by atoms with Gasteiger partial charge in [-0.1, -0.05) is 0 Å². The molecule has 1 amide bonds. The second-order valence-electron chi connectivity index (χ2n) is 5.30. The third kappa shape index (κ3) is 1.82. The van der Waals surface area contributed by atoms with Crippen molar-refractivity contribution in [1.82, 2.24) is 0 Å². The highest BCUT2D eigenvalue weighted by Crippen LogP contribution is 2.43. The minimum atomic E-state index is -0.799. The number of rotatable bonds is 2. The summed E-state index contributed by atoms with van der Waals surface area (Å²) < 4.78 is 0. The number of carbonyl (C=O) groups excluding carboxylic acids is 2. The topological polar surface area (TPSA) is 70.0 Å². The summed E-state index contributed by atoms with van der Waals surface area (Å²) in [7, 11) is 0. The quantitative estimate of drug-likeness (QED) is 0.824. The lowest BCUT2D eigenvalue weighted by molar-refractivity contribution is -0.116. The molecule has 1 heterocycles. The molecule has 0 atom stereocenters. The maximum atomic E-state index is 12.4. The molecule has 0 aromatic heterocycles. The van der Waals surface area contributed by atoms with E-state index in [4.69, 9.17) is 0 Å². The average Bonchev–Trinajstić information content (AvgIpc) is 2.37. The summed E-state index contributed by atoms with van der Waals surface area (Å²) in [5.74, 6) is -0.0555. The summed E-state index contributed by atoms with van der Waals surface area (Å²) in [6.45, 7) is 0. The molecule has 0 bridgehead atoms. The van der Waals surface area contributed by atoms with Crippen LogP contribution in [-0.2, 0) is 11.2 Å². The summed E-state index contributed by atoms with van der Waals surface area (Å²) in [6, 6.07) is 7.49. The second-order valence-corrected chi connectivity index (χ2v) is 5.30. The lowest BCUT2D eigenvalue weighted by Gasteiger charge is -2.33. The van der Waals surface area contributed by atoms with Crippen molar-refractivity contribution in [3.05, 3.63) is 29.3 Å². The van der Waals surface area contributed by atoms with Gasteiger partial charge in [0.15, 0.2) is 5.78 Å². The number of nitriles is 1. The molecule has 0 unspecified atom stereocenters. The van der Waals surface area contributed by atoms with Crippen LogP contribution in [0.3, 0.4) is 0 Å². The second kappa shape index (κ2) is 4.20. The summed E-state index contributed by atoms with van der Waals surface area (Å²) in [6.07, 6.45) is 3.38. The summed E-state index contributed by atoms with van der Waals surface area (Å²) >= 11 is 0. The van der Waals surface area contributed by atoms with Gasteiger partial charge in [-0.15, -0.1) is 0 Å². The fourth-order valence-corrected chi connectivity index (χ4v) is 2.72. The molecule has 3 rings (SSSR count). The Bertz CT molecular complexity index is 609. The minimum Gasteiger partial charge on any atom is -0.326 e. The zero-order chi connectivity index (χ0) is 13.5. The van der Waals surface area contributed by atoms with Gasteiger partial charge in [0.05, 0.1) is 6.07 Å². The van der Waals surface area contributed by atoms with Gasteiger partial charge >= 0.3 is 0 Å². The van der Waals surface area contributed by atoms with Crippen LogP contribution < -0.4 is 5.32 Å². The van der Waals surface area contributed by atoms with Crippen molar-refractivity contribution in [2.75, 3.05) is 5.32 Å². The number of fused-ring (bicyclic) bond motifs is 1. The molecule has 19 heavy (non-hydrogen) atoms. The number of hydrogen-bond donors (Lipinski definition) is 1. The highest BCUT2D eigenvalue weighted by atomic mass is 16.1. The molecule has 0 spiro atoms. The van der Waals surface area contributed by atoms with Gasteiger partial charge in [0.25, 0.3) is 0 Å². The molecule has 1 aromatic carbocycles. The van der Waals surface area contributed by atoms with E-state index in [1.165, 1.54) is 0 Å². The maximum Gasteiger partial charge on any atom is 0.224 e. The van der Waals surface area contributed by atoms with Crippen LogP contribution >= 0.6 is 0 Å². The predicted molar refractivity (Wildman–Crippen MR) is 69.6 cm³/mol. The maximum absolute atomic E-state index is 12.4. The van der Waals surface area contributed by atoms with Crippen LogP contribution in [0.5, 0.6) is 0 Å². The van der Waals surface area contributed by atoms with Crippen molar-refractivity contribution in [3.8, 4) is 6.07 Å². The molecule has 1 saturated carbocycles. The van der Waals surface area contributed by atoms with Crippen molar-refractivity contribution in [2.24, 2.45) is 5.41 Å². The molecular weight excluding hydrogens is 240 g/mol. The number of amides is 1. The number of anilines is 1. The van der Waals surface area contributed by atoms with Crippen LogP contribution in [0.2, 0.25) is 0 Å². The number of nitrogens with one attached hydrogen (secondary N) is 1. The molecule has 2 aliphatic rings. The largest absolute Gasteiger partial charge is 0.326 e. The monoisotopic (exact) mass is 254 g/mol. The van der Waals surface area contributed by atoms with E-state index >= 15 is 0 Å². The van der Waals surface area contributed by atoms with Gasteiger partial charge in [-0.2, -0.15) is 5.26 Å². The molecule has 1 fully saturated rings. The van der Waals surface area contributed by atoms with Crippen LogP contribution in [0.4, 0.5) is 5.69 Å². The van der Waals surface area contributed by atoms with Crippen LogP contribution in [0.25, 0.3) is 0 Å². The highest BCUT2D eigenvalue weighted by molar-refractivity contribution is 6.04. The fraction of sp³-hybridized carbons (Fsp3) is 0.400. The summed E-state index contributed by atoms with van der Waals surface area (Å²) in [5.41, 5.74) is 1.56. The lowest BCUT2D eigenvalue weighted by atomic mass is 9.65. The van der Waals surface area contributed by atoms with E-state index in [2.05, 4.69) is 11.4 Å². The zero-order valence-electron chi connectivity index (χ0n) is 10.5. The van der Waals surface area contributed by atoms with E-state index < -0.39 is 5.41 Å². The van der Waals surface area contributed by atoms with Crippen molar-refractivity contribution >= 4 is 17.4 Å². The van der Waals surface area contributed by atoms with E-state index in [9.17, 15) is 14.9 Å². The van der Waals surface area contributed by atoms with E-state index in [-0.39, 0.29) is 11.7 Å². The molecule has 4 nitrogen and oxygen atoms in total. The SMILES string of the molecule is N#CC1(C(=O)c2ccc3c(c2)CCC(=O)N3)CCC1. The molecule has 0 radical (unpaired) electrons. The van der Waals surface area contributed by atoms with Gasteiger partial charge in [0.2, 0.25) is 5.91 Å². The Hall–Kier alpha value is -2.15. The van der Waals surface area contributed by atoms with Gasteiger partial charge in [-0.05, 0) is 49.4 Å². The first-order valence-electron chi connectivity index (χ1n) is 6.53. The van der Waals surface area contributed by atoms with Gasteiger partial charge < -0.3 is 5.32 Å². The summed E-state index contributed by atoms with van der Waals surface area (Å²) in [4.78, 5) is 23.7. The van der Waals surface area contributed by atoms with Crippen molar-refractivity contribution < 1.29 is 9.59 Å². The highest BCUT2D eigenvalue weighted by Gasteiger charge is 2.44. The molecule has 1 N–H and O–H groups in total. The van der Waals surface area contributed by atoms with E-state index in [1.54, 1.807) is 12.1 Å². The molecular formula is C15H14N2O2. The third-order valence-corrected chi connectivity index (χ3v) is 4.12. The molecule has 1 aliphatic heterocycles. The first kappa shape index (κ1) is 11.9. The lowest BCUT2D eigenvalue weighted by Crippen LogP contribution is -2.36. The van der Waals surface area contributed by atoms with Crippen LogP contribution in [-0.4, -0.2) is 11.7 Å². The fourth-order valence-electron chi connectivity index (χ4n) is 2.72. The Labute approximate surface area is 111 Å². The Morgan fingerprint density at radius 3 is 2.74 bits per heavy atom. The van der Waals surface area contributed by atoms with E-state index in [0.29, 0.717) is 31.2 Å². The first-order valence-corrected chi connectivity index (χ1v) is 6.53. The van der Waals surface area contributed by atoms with Crippen LogP contribution in [0.15, 0.2) is 18.2 Å². The van der Waals surface area contributed by atoms with Gasteiger partial charge in [0.1, 0.15) is 5.41 Å². The Morgan fingerprint density at radius 2 is 2.11 bits per heavy atom. The Kier molecular flexibility index (Phi) is 2.63. The zero-order valence-corrected chi connectivity index (χ0v) is 10.5. The smallest absolute Gasteiger partial charge is 0.224 e. The number of benzene rings is 1. The van der Waals surface area contributed by atoms with Gasteiger partial charge in [0, 0.05) is 17.7 Å². The number of ketones is 1. The minimum absolute atomic E-state index is 0.0130. The van der Waals surface area contributed by atoms with Crippen LogP contribution in [0.1, 0.15) is 41.6 Å². The predicted octanol–water partition coefficient (Wildman–Crippen LogP) is 2.45. The number of hydrogen-bond acceptors (Lipinski definition) is 3. The standard InChI is InChI=1S/C15H14N2O2/c16-9-15(6-1-7-15)14(19)11-2-4-12-10(8-11)3-5-13(18)17-12/h2,4,8H,1,3,5-7H2,(H,17,18). The number of aryl methyl sites for hydroxylation is 1. The van der Waals surface area contributed by atoms with Crippen molar-refractivity contribution in [3.63, 3.8) is 0 Å². The Morgan fingerprint density at radius 1 is 1.32 bits per heavy atom. The average molecular weight is 254 g/mol. The molecule has 96 valence electrons. The van der Waals surface area contributed by atoms with Gasteiger partial charge in [-0.3, -0.25) is 9.59 Å². The number of carbonyl (C=O) groups is 2. The third-order valence-electron chi connectivity index (χ3n) is 4.12. The molecule has 4 heteroatoms. The molecule has 0 saturated heterocycles. The normalized spacial score (nSPS) is 19.6. The van der Waals surface area contributed by atoms with E-state index in [0.717, 1.165) is 17.7 Å². The van der Waals surface area contributed by atoms with Crippen molar-refractivity contribution in [2.45, 2.75) is 32.1 Å². The van der Waals surface area contributed by atoms with Crippen LogP contribution in [0, 0.1) is 16.7 Å².